The topological polar surface area (TPSA) is 94.6 Å². The molecule has 1 aromatic carbocycles. The molecule has 1 N–H and O–H groups in total. The number of carbonyl (C=O) groups is 3. The summed E-state index contributed by atoms with van der Waals surface area (Å²) in [5.41, 5.74) is 1.09. The monoisotopic (exact) mass is 374 g/mol. The first-order valence-corrected chi connectivity index (χ1v) is 7.80. The number of amides is 1. The number of anilines is 1. The van der Waals surface area contributed by atoms with Crippen molar-refractivity contribution in [3.8, 4) is 0 Å². The Morgan fingerprint density at radius 2 is 1.88 bits per heavy atom. The minimum Gasteiger partial charge on any atom is -0.465 e. The van der Waals surface area contributed by atoms with Crippen molar-refractivity contribution >= 4 is 41.3 Å². The molecule has 7 nitrogen and oxygen atoms in total. The second-order valence-corrected chi connectivity index (χ2v) is 5.40. The number of benzene rings is 1. The Bertz CT molecular complexity index is 816. The molecule has 0 saturated heterocycles. The maximum atomic E-state index is 11.7. The first-order chi connectivity index (χ1) is 12.5. The van der Waals surface area contributed by atoms with Gasteiger partial charge in [-0.2, -0.15) is 0 Å². The summed E-state index contributed by atoms with van der Waals surface area (Å²) in [5.74, 6) is -1.34. The number of carbonyl (C=O) groups excluding carboxylic acids is 3. The molecule has 0 atom stereocenters. The molecule has 134 valence electrons. The lowest BCUT2D eigenvalue weighted by molar-refractivity contribution is -0.142. The number of nitrogens with one attached hydrogen (secondary N) is 1. The van der Waals surface area contributed by atoms with Crippen molar-refractivity contribution in [2.24, 2.45) is 0 Å². The van der Waals surface area contributed by atoms with Gasteiger partial charge in [-0.15, -0.1) is 0 Å². The van der Waals surface area contributed by atoms with Crippen LogP contribution in [0.15, 0.2) is 48.7 Å². The number of hydrogen-bond acceptors (Lipinski definition) is 6. The van der Waals surface area contributed by atoms with E-state index in [1.807, 2.05) is 0 Å². The van der Waals surface area contributed by atoms with E-state index in [9.17, 15) is 14.4 Å². The number of methoxy groups -OCH3 is 1. The van der Waals surface area contributed by atoms with Crippen molar-refractivity contribution in [2.45, 2.75) is 0 Å². The highest BCUT2D eigenvalue weighted by Gasteiger charge is 2.07. The largest absolute Gasteiger partial charge is 0.465 e. The normalized spacial score (nSPS) is 10.4. The van der Waals surface area contributed by atoms with Gasteiger partial charge in [-0.3, -0.25) is 4.79 Å². The minimum absolute atomic E-state index is 0.302. The SMILES string of the molecule is COC(=O)c1ccc(C=CC(=O)OCC(=O)Nc2ccc(Cl)cn2)cc1. The van der Waals surface area contributed by atoms with Crippen LogP contribution in [0.25, 0.3) is 6.08 Å². The molecule has 8 heteroatoms. The summed E-state index contributed by atoms with van der Waals surface area (Å²) >= 11 is 5.69. The third kappa shape index (κ3) is 6.03. The number of ether oxygens (including phenoxy) is 2. The zero-order valence-electron chi connectivity index (χ0n) is 13.8. The van der Waals surface area contributed by atoms with Gasteiger partial charge in [0.2, 0.25) is 0 Å². The molecular weight excluding hydrogens is 360 g/mol. The Kier molecular flexibility index (Phi) is 6.87. The lowest BCUT2D eigenvalue weighted by Crippen LogP contribution is -2.20. The van der Waals surface area contributed by atoms with Crippen LogP contribution in [-0.4, -0.2) is 36.5 Å². The van der Waals surface area contributed by atoms with Gasteiger partial charge in [-0.25, -0.2) is 14.6 Å². The van der Waals surface area contributed by atoms with Gasteiger partial charge in [0.15, 0.2) is 6.61 Å². The second-order valence-electron chi connectivity index (χ2n) is 4.96. The van der Waals surface area contributed by atoms with E-state index < -0.39 is 24.5 Å². The maximum absolute atomic E-state index is 11.7. The van der Waals surface area contributed by atoms with Crippen molar-refractivity contribution < 1.29 is 23.9 Å². The van der Waals surface area contributed by atoms with E-state index in [2.05, 4.69) is 15.0 Å². The molecule has 1 heterocycles. The van der Waals surface area contributed by atoms with Crippen molar-refractivity contribution in [3.05, 3.63) is 64.8 Å². The van der Waals surface area contributed by atoms with Crippen LogP contribution in [0.4, 0.5) is 5.82 Å². The molecule has 0 unspecified atom stereocenters. The lowest BCUT2D eigenvalue weighted by atomic mass is 10.1. The molecule has 1 aromatic heterocycles. The zero-order valence-corrected chi connectivity index (χ0v) is 14.5. The fourth-order valence-electron chi connectivity index (χ4n) is 1.83. The van der Waals surface area contributed by atoms with Crippen LogP contribution in [0, 0.1) is 0 Å². The fraction of sp³-hybridized carbons (Fsp3) is 0.111. The van der Waals surface area contributed by atoms with Gasteiger partial charge in [0.05, 0.1) is 17.7 Å². The van der Waals surface area contributed by atoms with Crippen LogP contribution in [0.1, 0.15) is 15.9 Å². The van der Waals surface area contributed by atoms with Crippen molar-refractivity contribution in [2.75, 3.05) is 19.0 Å². The van der Waals surface area contributed by atoms with Gasteiger partial charge < -0.3 is 14.8 Å². The van der Waals surface area contributed by atoms with Gasteiger partial charge in [0.1, 0.15) is 5.82 Å². The standard InChI is InChI=1S/C18H15ClN2O5/c1-25-18(24)13-5-2-12(3-6-13)4-9-17(23)26-11-16(22)21-15-8-7-14(19)10-20-15/h2-10H,11H2,1H3,(H,20,21,22). The molecule has 0 saturated carbocycles. The maximum Gasteiger partial charge on any atom is 0.337 e. The minimum atomic E-state index is -0.679. The Morgan fingerprint density at radius 3 is 2.50 bits per heavy atom. The van der Waals surface area contributed by atoms with Gasteiger partial charge in [-0.05, 0) is 35.9 Å². The average Bonchev–Trinajstić information content (AvgIpc) is 2.66. The van der Waals surface area contributed by atoms with E-state index in [0.717, 1.165) is 0 Å². The number of hydrogen-bond donors (Lipinski definition) is 1. The highest BCUT2D eigenvalue weighted by Crippen LogP contribution is 2.09. The van der Waals surface area contributed by atoms with Crippen LogP contribution >= 0.6 is 11.6 Å². The zero-order chi connectivity index (χ0) is 18.9. The molecule has 26 heavy (non-hydrogen) atoms. The third-order valence-electron chi connectivity index (χ3n) is 3.08. The molecule has 0 spiro atoms. The Hall–Kier alpha value is -3.19. The summed E-state index contributed by atoms with van der Waals surface area (Å²) in [7, 11) is 1.30. The van der Waals surface area contributed by atoms with E-state index in [-0.39, 0.29) is 0 Å². The molecule has 0 aliphatic carbocycles. The van der Waals surface area contributed by atoms with E-state index in [1.165, 1.54) is 31.5 Å². The van der Waals surface area contributed by atoms with E-state index in [0.29, 0.717) is 22.0 Å². The van der Waals surface area contributed by atoms with Crippen LogP contribution < -0.4 is 5.32 Å². The van der Waals surface area contributed by atoms with Gasteiger partial charge >= 0.3 is 11.9 Å². The fourth-order valence-corrected chi connectivity index (χ4v) is 1.94. The van der Waals surface area contributed by atoms with Crippen LogP contribution in [0.2, 0.25) is 5.02 Å². The first kappa shape index (κ1) is 19.1. The molecule has 2 rings (SSSR count). The Labute approximate surface area is 154 Å². The number of pyridine rings is 1. The van der Waals surface area contributed by atoms with E-state index >= 15 is 0 Å². The van der Waals surface area contributed by atoms with Crippen molar-refractivity contribution in [3.63, 3.8) is 0 Å². The molecule has 0 aliphatic rings. The molecule has 0 aliphatic heterocycles. The Balaban J connectivity index is 1.80. The number of nitrogens with zero attached hydrogens (tertiary/aromatic N) is 1. The lowest BCUT2D eigenvalue weighted by Gasteiger charge is -2.04. The molecule has 0 fully saturated rings. The Morgan fingerprint density at radius 1 is 1.15 bits per heavy atom. The number of halogens is 1. The summed E-state index contributed by atoms with van der Waals surface area (Å²) in [4.78, 5) is 38.5. The number of aromatic nitrogens is 1. The second kappa shape index (κ2) is 9.33. The smallest absolute Gasteiger partial charge is 0.337 e. The van der Waals surface area contributed by atoms with Crippen molar-refractivity contribution in [1.82, 2.24) is 4.98 Å². The first-order valence-electron chi connectivity index (χ1n) is 7.42. The predicted octanol–water partition coefficient (Wildman–Crippen LogP) is 2.72. The summed E-state index contributed by atoms with van der Waals surface area (Å²) in [6.45, 7) is -0.450. The summed E-state index contributed by atoms with van der Waals surface area (Å²) in [6, 6.07) is 9.54. The van der Waals surface area contributed by atoms with Crippen molar-refractivity contribution in [1.29, 1.82) is 0 Å². The number of esters is 2. The van der Waals surface area contributed by atoms with Gasteiger partial charge in [-0.1, -0.05) is 23.7 Å². The summed E-state index contributed by atoms with van der Waals surface area (Å²) in [5, 5.41) is 2.91. The van der Waals surface area contributed by atoms with Crippen LogP contribution in [0.5, 0.6) is 0 Å². The molecular formula is C18H15ClN2O5. The van der Waals surface area contributed by atoms with Gasteiger partial charge in [0, 0.05) is 12.3 Å². The van der Waals surface area contributed by atoms with Crippen LogP contribution in [0.3, 0.4) is 0 Å². The number of rotatable bonds is 6. The third-order valence-corrected chi connectivity index (χ3v) is 3.31. The summed E-state index contributed by atoms with van der Waals surface area (Å²) < 4.78 is 9.43. The predicted molar refractivity (Wildman–Crippen MR) is 95.7 cm³/mol. The molecule has 2 aromatic rings. The summed E-state index contributed by atoms with van der Waals surface area (Å²) in [6.07, 6.45) is 4.07. The highest BCUT2D eigenvalue weighted by molar-refractivity contribution is 6.30. The molecule has 0 radical (unpaired) electrons. The van der Waals surface area contributed by atoms with Gasteiger partial charge in [0.25, 0.3) is 5.91 Å². The molecule has 1 amide bonds. The highest BCUT2D eigenvalue weighted by atomic mass is 35.5. The van der Waals surface area contributed by atoms with Crippen LogP contribution in [-0.2, 0) is 19.1 Å². The molecule has 0 bridgehead atoms. The van der Waals surface area contributed by atoms with E-state index in [4.69, 9.17) is 16.3 Å². The average molecular weight is 375 g/mol. The quantitative estimate of drug-likeness (QED) is 0.617. The van der Waals surface area contributed by atoms with E-state index in [1.54, 1.807) is 30.3 Å².